The number of benzene rings is 2. The van der Waals surface area contributed by atoms with Crippen LogP contribution >= 0.6 is 0 Å². The van der Waals surface area contributed by atoms with Crippen molar-refractivity contribution in [2.24, 2.45) is 0 Å². The molecule has 1 aromatic heterocycles. The van der Waals surface area contributed by atoms with Crippen molar-refractivity contribution in [3.8, 4) is 0 Å². The molecule has 41 heavy (non-hydrogen) atoms. The number of rotatable bonds is 6. The Kier molecular flexibility index (Phi) is 7.84. The van der Waals surface area contributed by atoms with Crippen molar-refractivity contribution < 1.29 is 40.1 Å². The fraction of sp³-hybridized carbons (Fsp3) is 0.464. The van der Waals surface area contributed by atoms with E-state index >= 15 is 0 Å². The number of carbonyl (C=O) groups is 1. The first-order valence-corrected chi connectivity index (χ1v) is 13.2. The topological polar surface area (TPSA) is 71.3 Å². The van der Waals surface area contributed by atoms with Gasteiger partial charge in [0.1, 0.15) is 11.2 Å². The fourth-order valence-corrected chi connectivity index (χ4v) is 6.02. The van der Waals surface area contributed by atoms with Gasteiger partial charge in [-0.05, 0) is 92.6 Å². The number of carbonyl (C=O) groups excluding carboxylic acids is 1. The maximum absolute atomic E-state index is 13.6. The monoisotopic (exact) mass is 584 g/mol. The molecule has 1 saturated carbocycles. The number of likely N-dealkylation sites (tertiary alicyclic amines) is 1. The van der Waals surface area contributed by atoms with Crippen molar-refractivity contribution in [2.75, 3.05) is 13.1 Å². The Hall–Kier alpha value is -3.48. The lowest BCUT2D eigenvalue weighted by atomic mass is 9.83. The second-order valence-corrected chi connectivity index (χ2v) is 10.7. The average Bonchev–Trinajstić information content (AvgIpc) is 3.63. The summed E-state index contributed by atoms with van der Waals surface area (Å²) in [5.41, 5.74) is -3.44. The smallest absolute Gasteiger partial charge is 0.351 e. The zero-order chi connectivity index (χ0) is 29.4. The molecule has 0 radical (unpaired) electrons. The number of hydrogen-bond donors (Lipinski definition) is 1. The minimum atomic E-state index is -4.99. The summed E-state index contributed by atoms with van der Waals surface area (Å²) in [5.74, 6) is -0.553. The lowest BCUT2D eigenvalue weighted by molar-refractivity contribution is -0.143. The minimum absolute atomic E-state index is 0.0211. The molecule has 2 atom stereocenters. The standard InChI is InChI=1S/C28H27F7N4O2/c29-22-3-1-18(2-4-22)19-6-9-39(10-7-19)23-5-8-26(14-23,25-37-16-38-41-25)24(40)36-15-17-11-20(27(30,31)32)13-21(12-17)28(33,34)35/h1-4,11-13,16,19,23H,5-10,14-15H2,(H,36,40). The number of aromatic nitrogens is 2. The molecule has 5 rings (SSSR count). The Morgan fingerprint density at radius 1 is 0.976 bits per heavy atom. The number of nitrogens with zero attached hydrogens (tertiary/aromatic N) is 3. The summed E-state index contributed by atoms with van der Waals surface area (Å²) in [6.45, 7) is 0.951. The van der Waals surface area contributed by atoms with E-state index in [9.17, 15) is 35.5 Å². The number of nitrogens with one attached hydrogen (secondary N) is 1. The summed E-state index contributed by atoms with van der Waals surface area (Å²) < 4.78 is 98.3. The highest BCUT2D eigenvalue weighted by atomic mass is 19.4. The molecule has 1 saturated heterocycles. The molecule has 1 aliphatic heterocycles. The van der Waals surface area contributed by atoms with Crippen LogP contribution in [0.3, 0.4) is 0 Å². The molecule has 1 N–H and O–H groups in total. The van der Waals surface area contributed by atoms with Crippen LogP contribution in [-0.4, -0.2) is 40.1 Å². The summed E-state index contributed by atoms with van der Waals surface area (Å²) in [5, 5.41) is 6.15. The maximum Gasteiger partial charge on any atom is 0.416 e. The first-order chi connectivity index (χ1) is 19.3. The Morgan fingerprint density at radius 3 is 2.17 bits per heavy atom. The highest BCUT2D eigenvalue weighted by Gasteiger charge is 2.52. The van der Waals surface area contributed by atoms with Gasteiger partial charge >= 0.3 is 12.4 Å². The van der Waals surface area contributed by atoms with Gasteiger partial charge in [0.15, 0.2) is 6.33 Å². The van der Waals surface area contributed by atoms with Gasteiger partial charge in [-0.1, -0.05) is 17.3 Å². The van der Waals surface area contributed by atoms with Crippen molar-refractivity contribution in [1.82, 2.24) is 20.4 Å². The van der Waals surface area contributed by atoms with Gasteiger partial charge in [-0.15, -0.1) is 0 Å². The molecule has 6 nitrogen and oxygen atoms in total. The molecule has 13 heteroatoms. The molecular formula is C28H27F7N4O2. The third-order valence-electron chi connectivity index (χ3n) is 8.18. The lowest BCUT2D eigenvalue weighted by Crippen LogP contribution is -2.45. The normalized spacial score (nSPS) is 22.7. The Balaban J connectivity index is 1.29. The Bertz CT molecular complexity index is 1320. The molecule has 2 heterocycles. The predicted molar refractivity (Wildman–Crippen MR) is 132 cm³/mol. The lowest BCUT2D eigenvalue weighted by Gasteiger charge is -2.37. The van der Waals surface area contributed by atoms with Crippen molar-refractivity contribution in [3.63, 3.8) is 0 Å². The van der Waals surface area contributed by atoms with E-state index in [-0.39, 0.29) is 35.3 Å². The molecule has 3 aromatic rings. The summed E-state index contributed by atoms with van der Waals surface area (Å²) >= 11 is 0. The van der Waals surface area contributed by atoms with Gasteiger partial charge < -0.3 is 14.7 Å². The van der Waals surface area contributed by atoms with E-state index in [1.165, 1.54) is 12.1 Å². The maximum atomic E-state index is 13.6. The van der Waals surface area contributed by atoms with Crippen molar-refractivity contribution in [3.05, 3.63) is 82.8 Å². The molecule has 220 valence electrons. The van der Waals surface area contributed by atoms with Crippen LogP contribution in [0.25, 0.3) is 0 Å². The molecule has 1 aliphatic carbocycles. The van der Waals surface area contributed by atoms with Gasteiger partial charge in [-0.25, -0.2) is 4.39 Å². The third kappa shape index (κ3) is 6.24. The number of hydrogen-bond acceptors (Lipinski definition) is 5. The van der Waals surface area contributed by atoms with Gasteiger partial charge in [-0.3, -0.25) is 4.79 Å². The van der Waals surface area contributed by atoms with Crippen molar-refractivity contribution in [1.29, 1.82) is 0 Å². The van der Waals surface area contributed by atoms with Crippen LogP contribution in [0.5, 0.6) is 0 Å². The van der Waals surface area contributed by atoms with Crippen molar-refractivity contribution >= 4 is 5.91 Å². The van der Waals surface area contributed by atoms with E-state index in [1.54, 1.807) is 12.1 Å². The zero-order valence-electron chi connectivity index (χ0n) is 21.7. The van der Waals surface area contributed by atoms with Crippen LogP contribution in [0, 0.1) is 5.82 Å². The molecule has 2 unspecified atom stereocenters. The summed E-state index contributed by atoms with van der Waals surface area (Å²) in [4.78, 5) is 19.9. The zero-order valence-corrected chi connectivity index (χ0v) is 21.7. The summed E-state index contributed by atoms with van der Waals surface area (Å²) in [6, 6.07) is 7.68. The summed E-state index contributed by atoms with van der Waals surface area (Å²) in [6.07, 6.45) is -5.91. The number of amides is 1. The Morgan fingerprint density at radius 2 is 1.61 bits per heavy atom. The average molecular weight is 585 g/mol. The third-order valence-corrected chi connectivity index (χ3v) is 8.18. The molecular weight excluding hydrogens is 557 g/mol. The van der Waals surface area contributed by atoms with Gasteiger partial charge in [0.05, 0.1) is 11.1 Å². The van der Waals surface area contributed by atoms with Crippen LogP contribution in [0.2, 0.25) is 0 Å². The van der Waals surface area contributed by atoms with E-state index in [1.807, 2.05) is 0 Å². The second kappa shape index (κ2) is 11.1. The molecule has 1 amide bonds. The minimum Gasteiger partial charge on any atom is -0.351 e. The first-order valence-electron chi connectivity index (χ1n) is 13.2. The predicted octanol–water partition coefficient (Wildman–Crippen LogP) is 6.23. The van der Waals surface area contributed by atoms with Gasteiger partial charge in [0, 0.05) is 12.6 Å². The van der Waals surface area contributed by atoms with Crippen molar-refractivity contribution in [2.45, 2.75) is 68.4 Å². The first kappa shape index (κ1) is 29.0. The summed E-state index contributed by atoms with van der Waals surface area (Å²) in [7, 11) is 0. The van der Waals surface area contributed by atoms with Gasteiger partial charge in [-0.2, -0.15) is 31.3 Å². The molecule has 2 aromatic carbocycles. The SMILES string of the molecule is O=C(NCc1cc(C(F)(F)F)cc(C(F)(F)F)c1)C1(c2ncno2)CCC(N2CCC(c3ccc(F)cc3)CC2)C1. The van der Waals surface area contributed by atoms with Crippen LogP contribution in [0.15, 0.2) is 53.3 Å². The van der Waals surface area contributed by atoms with Gasteiger partial charge in [0.2, 0.25) is 11.8 Å². The van der Waals surface area contributed by atoms with E-state index in [4.69, 9.17) is 4.52 Å². The van der Waals surface area contributed by atoms with Gasteiger partial charge in [0.25, 0.3) is 0 Å². The second-order valence-electron chi connectivity index (χ2n) is 10.7. The van der Waals surface area contributed by atoms with E-state index in [0.717, 1.165) is 37.8 Å². The van der Waals surface area contributed by atoms with Crippen LogP contribution in [0.4, 0.5) is 30.7 Å². The van der Waals surface area contributed by atoms with E-state index < -0.39 is 41.3 Å². The van der Waals surface area contributed by atoms with Crippen LogP contribution in [-0.2, 0) is 29.1 Å². The number of halogens is 7. The molecule has 2 fully saturated rings. The number of piperidine rings is 1. The highest BCUT2D eigenvalue weighted by molar-refractivity contribution is 5.87. The van der Waals surface area contributed by atoms with E-state index in [2.05, 4.69) is 20.4 Å². The van der Waals surface area contributed by atoms with Crippen LogP contribution < -0.4 is 5.32 Å². The molecule has 0 spiro atoms. The Labute approximate surface area is 230 Å². The molecule has 2 aliphatic rings. The quantitative estimate of drug-likeness (QED) is 0.348. The number of alkyl halides is 6. The largest absolute Gasteiger partial charge is 0.416 e. The van der Waals surface area contributed by atoms with E-state index in [0.29, 0.717) is 31.4 Å². The molecule has 0 bridgehead atoms. The highest BCUT2D eigenvalue weighted by Crippen LogP contribution is 2.44. The fourth-order valence-electron chi connectivity index (χ4n) is 6.02. The van der Waals surface area contributed by atoms with Crippen LogP contribution in [0.1, 0.15) is 66.2 Å².